The van der Waals surface area contributed by atoms with E-state index in [0.717, 1.165) is 0 Å². The molecule has 0 fully saturated rings. The second kappa shape index (κ2) is 4.28. The fraction of sp³-hybridized carbons (Fsp3) is 0. The third-order valence-electron chi connectivity index (χ3n) is 1.66. The Balaban J connectivity index is 2.12. The summed E-state index contributed by atoms with van der Waals surface area (Å²) in [4.78, 5) is 22.5. The van der Waals surface area contributed by atoms with Gasteiger partial charge in [0.2, 0.25) is 0 Å². The molecule has 0 saturated carbocycles. The summed E-state index contributed by atoms with van der Waals surface area (Å²) in [5.74, 6) is -0.484. The number of aromatic nitrogens is 3. The molecule has 74 valence electrons. The van der Waals surface area contributed by atoms with E-state index in [0.29, 0.717) is 5.56 Å². The molecular weight excluding hydrogens is 194 g/mol. The summed E-state index contributed by atoms with van der Waals surface area (Å²) in [5, 5.41) is 0. The van der Waals surface area contributed by atoms with Crippen LogP contribution in [0, 0.1) is 0 Å². The maximum atomic E-state index is 11.5. The molecule has 0 amide bonds. The smallest absolute Gasteiger partial charge is 0.345 e. The highest BCUT2D eigenvalue weighted by atomic mass is 16.5. The minimum Gasteiger partial charge on any atom is -0.387 e. The maximum Gasteiger partial charge on any atom is 0.345 e. The van der Waals surface area contributed by atoms with Crippen LogP contribution in [0.5, 0.6) is 6.01 Å². The molecular formula is C10H7N3O2. The van der Waals surface area contributed by atoms with Crippen LogP contribution in [0.15, 0.2) is 43.0 Å². The first-order valence-corrected chi connectivity index (χ1v) is 4.25. The summed E-state index contributed by atoms with van der Waals surface area (Å²) in [6.07, 6.45) is 2.53. The fourth-order valence-corrected chi connectivity index (χ4v) is 0.997. The Morgan fingerprint density at radius 3 is 2.40 bits per heavy atom. The van der Waals surface area contributed by atoms with Crippen molar-refractivity contribution in [1.82, 2.24) is 15.0 Å². The van der Waals surface area contributed by atoms with Crippen LogP contribution < -0.4 is 4.74 Å². The Hall–Kier alpha value is -2.30. The lowest BCUT2D eigenvalue weighted by Crippen LogP contribution is -2.10. The molecule has 1 heterocycles. The molecule has 1 aromatic carbocycles. The van der Waals surface area contributed by atoms with E-state index >= 15 is 0 Å². The van der Waals surface area contributed by atoms with Gasteiger partial charge in [-0.3, -0.25) is 0 Å². The van der Waals surface area contributed by atoms with Crippen LogP contribution in [0.25, 0.3) is 0 Å². The molecule has 0 aliphatic heterocycles. The molecule has 0 radical (unpaired) electrons. The first-order valence-electron chi connectivity index (χ1n) is 4.25. The zero-order valence-corrected chi connectivity index (χ0v) is 7.70. The summed E-state index contributed by atoms with van der Waals surface area (Å²) >= 11 is 0. The van der Waals surface area contributed by atoms with Crippen molar-refractivity contribution >= 4 is 5.97 Å². The molecule has 0 unspecified atom stereocenters. The molecule has 2 aromatic rings. The zero-order valence-electron chi connectivity index (χ0n) is 7.70. The minimum absolute atomic E-state index is 0.00106. The van der Waals surface area contributed by atoms with E-state index in [2.05, 4.69) is 15.0 Å². The summed E-state index contributed by atoms with van der Waals surface area (Å²) < 4.78 is 4.90. The first kappa shape index (κ1) is 9.26. The van der Waals surface area contributed by atoms with Gasteiger partial charge in [-0.1, -0.05) is 18.2 Å². The van der Waals surface area contributed by atoms with Gasteiger partial charge in [-0.05, 0) is 12.1 Å². The summed E-state index contributed by atoms with van der Waals surface area (Å²) in [7, 11) is 0. The third kappa shape index (κ3) is 2.34. The van der Waals surface area contributed by atoms with Gasteiger partial charge in [-0.2, -0.15) is 9.97 Å². The monoisotopic (exact) mass is 201 g/mol. The molecule has 0 aliphatic carbocycles. The Morgan fingerprint density at radius 1 is 1.07 bits per heavy atom. The first-order chi connectivity index (χ1) is 7.36. The van der Waals surface area contributed by atoms with Gasteiger partial charge in [0.25, 0.3) is 0 Å². The molecule has 2 rings (SSSR count). The Labute approximate surface area is 85.8 Å². The number of nitrogens with zero attached hydrogens (tertiary/aromatic N) is 3. The summed E-state index contributed by atoms with van der Waals surface area (Å²) in [6, 6.07) is 8.64. The molecule has 1 aromatic heterocycles. The molecule has 15 heavy (non-hydrogen) atoms. The Bertz CT molecular complexity index is 445. The number of benzene rings is 1. The molecule has 0 spiro atoms. The van der Waals surface area contributed by atoms with Crippen molar-refractivity contribution in [3.8, 4) is 6.01 Å². The predicted molar refractivity (Wildman–Crippen MR) is 51.2 cm³/mol. The third-order valence-corrected chi connectivity index (χ3v) is 1.66. The van der Waals surface area contributed by atoms with Gasteiger partial charge in [-0.25, -0.2) is 9.78 Å². The van der Waals surface area contributed by atoms with Crippen LogP contribution in [0.1, 0.15) is 10.4 Å². The number of rotatable bonds is 2. The largest absolute Gasteiger partial charge is 0.387 e. The molecule has 5 nitrogen and oxygen atoms in total. The topological polar surface area (TPSA) is 65.0 Å². The van der Waals surface area contributed by atoms with Crippen LogP contribution in [-0.2, 0) is 0 Å². The lowest BCUT2D eigenvalue weighted by Gasteiger charge is -2.00. The van der Waals surface area contributed by atoms with Crippen molar-refractivity contribution in [2.45, 2.75) is 0 Å². The normalized spacial score (nSPS) is 9.60. The lowest BCUT2D eigenvalue weighted by molar-refractivity contribution is 0.0719. The molecule has 0 atom stereocenters. The van der Waals surface area contributed by atoms with Crippen LogP contribution in [0.2, 0.25) is 0 Å². The molecule has 0 bridgehead atoms. The molecule has 0 aliphatic rings. The van der Waals surface area contributed by atoms with E-state index < -0.39 is 5.97 Å². The SMILES string of the molecule is O=C(Oc1ncncn1)c1ccccc1. The molecule has 0 saturated heterocycles. The highest BCUT2D eigenvalue weighted by Gasteiger charge is 2.08. The van der Waals surface area contributed by atoms with Gasteiger partial charge in [0.05, 0.1) is 5.56 Å². The number of ether oxygens (including phenoxy) is 1. The predicted octanol–water partition coefficient (Wildman–Crippen LogP) is 1.09. The molecule has 0 N–H and O–H groups in total. The minimum atomic E-state index is -0.484. The van der Waals surface area contributed by atoms with Crippen molar-refractivity contribution < 1.29 is 9.53 Å². The van der Waals surface area contributed by atoms with Gasteiger partial charge < -0.3 is 4.74 Å². The Kier molecular flexibility index (Phi) is 2.64. The Morgan fingerprint density at radius 2 is 1.73 bits per heavy atom. The summed E-state index contributed by atoms with van der Waals surface area (Å²) in [5.41, 5.74) is 0.456. The van der Waals surface area contributed by atoms with Crippen LogP contribution in [0.4, 0.5) is 0 Å². The average Bonchev–Trinajstić information content (AvgIpc) is 2.31. The van der Waals surface area contributed by atoms with Crippen molar-refractivity contribution in [2.75, 3.05) is 0 Å². The summed E-state index contributed by atoms with van der Waals surface area (Å²) in [6.45, 7) is 0. The van der Waals surface area contributed by atoms with E-state index in [4.69, 9.17) is 4.74 Å². The molecule has 5 heteroatoms. The number of esters is 1. The fourth-order valence-electron chi connectivity index (χ4n) is 0.997. The zero-order chi connectivity index (χ0) is 10.5. The number of carbonyl (C=O) groups is 1. The van der Waals surface area contributed by atoms with Crippen molar-refractivity contribution in [3.05, 3.63) is 48.5 Å². The van der Waals surface area contributed by atoms with Gasteiger partial charge in [-0.15, -0.1) is 0 Å². The number of carbonyl (C=O) groups excluding carboxylic acids is 1. The van der Waals surface area contributed by atoms with Crippen LogP contribution in [0.3, 0.4) is 0 Å². The van der Waals surface area contributed by atoms with Crippen LogP contribution in [-0.4, -0.2) is 20.9 Å². The van der Waals surface area contributed by atoms with E-state index in [-0.39, 0.29) is 6.01 Å². The van der Waals surface area contributed by atoms with E-state index in [1.807, 2.05) is 6.07 Å². The second-order valence-corrected chi connectivity index (χ2v) is 2.68. The highest BCUT2D eigenvalue weighted by molar-refractivity contribution is 5.90. The average molecular weight is 201 g/mol. The number of hydrogen-bond acceptors (Lipinski definition) is 5. The van der Waals surface area contributed by atoms with Crippen molar-refractivity contribution in [2.24, 2.45) is 0 Å². The van der Waals surface area contributed by atoms with E-state index in [9.17, 15) is 4.79 Å². The highest BCUT2D eigenvalue weighted by Crippen LogP contribution is 2.04. The van der Waals surface area contributed by atoms with Gasteiger partial charge >= 0.3 is 12.0 Å². The maximum absolute atomic E-state index is 11.5. The van der Waals surface area contributed by atoms with Crippen LogP contribution >= 0.6 is 0 Å². The quantitative estimate of drug-likeness (QED) is 0.680. The van der Waals surface area contributed by atoms with Gasteiger partial charge in [0.15, 0.2) is 0 Å². The lowest BCUT2D eigenvalue weighted by atomic mass is 10.2. The standard InChI is InChI=1S/C10H7N3O2/c14-9(8-4-2-1-3-5-8)15-10-12-6-11-7-13-10/h1-7H. The van der Waals surface area contributed by atoms with Gasteiger partial charge in [0, 0.05) is 0 Å². The van der Waals surface area contributed by atoms with E-state index in [1.165, 1.54) is 12.7 Å². The van der Waals surface area contributed by atoms with Crippen molar-refractivity contribution in [1.29, 1.82) is 0 Å². The van der Waals surface area contributed by atoms with E-state index in [1.54, 1.807) is 24.3 Å². The second-order valence-electron chi connectivity index (χ2n) is 2.68. The number of hydrogen-bond donors (Lipinski definition) is 0. The van der Waals surface area contributed by atoms with Crippen molar-refractivity contribution in [3.63, 3.8) is 0 Å². The van der Waals surface area contributed by atoms with Gasteiger partial charge in [0.1, 0.15) is 12.7 Å².